The van der Waals surface area contributed by atoms with Gasteiger partial charge in [-0.3, -0.25) is 15.0 Å². The van der Waals surface area contributed by atoms with Crippen LogP contribution in [0.3, 0.4) is 0 Å². The number of nitrogens with zero attached hydrogens (tertiary/aromatic N) is 2. The molecule has 1 amide bonds. The lowest BCUT2D eigenvalue weighted by molar-refractivity contribution is -0.151. The van der Waals surface area contributed by atoms with E-state index in [9.17, 15) is 19.5 Å². The van der Waals surface area contributed by atoms with Crippen LogP contribution in [-0.2, 0) is 29.3 Å². The number of nitrogen functional groups attached to an aromatic ring is 1. The second-order valence-corrected chi connectivity index (χ2v) is 11.0. The topological polar surface area (TPSA) is 170 Å². The van der Waals surface area contributed by atoms with Crippen LogP contribution in [0, 0.1) is 5.41 Å². The molecule has 0 aliphatic carbocycles. The fourth-order valence-corrected chi connectivity index (χ4v) is 5.57. The van der Waals surface area contributed by atoms with E-state index in [0.29, 0.717) is 29.9 Å². The third-order valence-electron chi connectivity index (χ3n) is 8.01. The number of carboxylic acids is 1. The van der Waals surface area contributed by atoms with Gasteiger partial charge in [0.1, 0.15) is 18.1 Å². The van der Waals surface area contributed by atoms with Gasteiger partial charge in [0, 0.05) is 31.4 Å². The number of nitrogens with two attached hydrogens (primary N) is 1. The Morgan fingerprint density at radius 2 is 1.86 bits per heavy atom. The van der Waals surface area contributed by atoms with E-state index in [1.807, 2.05) is 42.0 Å². The monoisotopic (exact) mass is 580 g/mol. The first-order chi connectivity index (χ1) is 20.0. The molecule has 12 nitrogen and oxygen atoms in total. The maximum absolute atomic E-state index is 13.8. The van der Waals surface area contributed by atoms with Gasteiger partial charge in [-0.2, -0.15) is 0 Å². The molecule has 12 heteroatoms. The Bertz CT molecular complexity index is 1330. The number of anilines is 3. The maximum Gasteiger partial charge on any atom is 0.332 e. The number of nitrogens with one attached hydrogen (secondary N) is 3. The molecule has 0 radical (unpaired) electrons. The zero-order chi connectivity index (χ0) is 30.5. The van der Waals surface area contributed by atoms with Crippen molar-refractivity contribution < 1.29 is 29.0 Å². The van der Waals surface area contributed by atoms with E-state index in [4.69, 9.17) is 20.6 Å². The lowest BCUT2D eigenvalue weighted by Gasteiger charge is -2.37. The van der Waals surface area contributed by atoms with Crippen LogP contribution in [0.2, 0.25) is 0 Å². The van der Waals surface area contributed by atoms with E-state index < -0.39 is 23.0 Å². The van der Waals surface area contributed by atoms with Crippen LogP contribution >= 0.6 is 0 Å². The zero-order valence-corrected chi connectivity index (χ0v) is 24.4. The summed E-state index contributed by atoms with van der Waals surface area (Å²) in [5, 5.41) is 24.2. The molecule has 2 atom stereocenters. The summed E-state index contributed by atoms with van der Waals surface area (Å²) in [5.74, 6) is -1.58. The summed E-state index contributed by atoms with van der Waals surface area (Å²) in [6.07, 6.45) is 1.66. The van der Waals surface area contributed by atoms with Crippen LogP contribution in [0.15, 0.2) is 42.5 Å². The van der Waals surface area contributed by atoms with Crippen molar-refractivity contribution in [3.8, 4) is 0 Å². The third-order valence-corrected chi connectivity index (χ3v) is 8.01. The standard InChI is InChI=1S/C30H40N6O6/c1-4-42-26(39)17-41-19-29(2,28(40)36-13-5-6-14-36)21-9-12-24-23(15-21)34-30(35(24)3,16-25(37)38)18-33-22-10-7-20(8-11-22)27(31)32/h7-12,15,33-34H,4-6,13-14,16-19H2,1-3H3,(H3,31,32)(H,37,38). The number of carboxylic acid groups (broad SMARTS) is 1. The fraction of sp³-hybridized carbons (Fsp3) is 0.467. The van der Waals surface area contributed by atoms with E-state index in [1.165, 1.54) is 0 Å². The summed E-state index contributed by atoms with van der Waals surface area (Å²) < 4.78 is 10.7. The number of hydrogen-bond donors (Lipinski definition) is 5. The number of carbonyl (C=O) groups excluding carboxylic acids is 2. The SMILES string of the molecule is CCOC(=O)COCC(C)(C(=O)N1CCCC1)c1ccc2c(c1)NC(CNc1ccc(C(=N)N)cc1)(CC(=O)O)N2C. The van der Waals surface area contributed by atoms with E-state index in [2.05, 4.69) is 10.6 Å². The summed E-state index contributed by atoms with van der Waals surface area (Å²) >= 11 is 0. The van der Waals surface area contributed by atoms with Crippen molar-refractivity contribution in [3.05, 3.63) is 53.6 Å². The number of likely N-dealkylation sites (N-methyl/N-ethyl adjacent to an activating group) is 1. The molecule has 0 bridgehead atoms. The Morgan fingerprint density at radius 1 is 1.17 bits per heavy atom. The van der Waals surface area contributed by atoms with Crippen molar-refractivity contribution in [2.45, 2.75) is 44.2 Å². The molecular formula is C30H40N6O6. The van der Waals surface area contributed by atoms with Gasteiger partial charge in [0.2, 0.25) is 5.91 Å². The first kappa shape index (κ1) is 30.6. The molecular weight excluding hydrogens is 540 g/mol. The first-order valence-corrected chi connectivity index (χ1v) is 14.1. The highest BCUT2D eigenvalue weighted by molar-refractivity contribution is 5.95. The van der Waals surface area contributed by atoms with Crippen molar-refractivity contribution >= 4 is 40.7 Å². The third kappa shape index (κ3) is 6.43. The number of carbonyl (C=O) groups is 3. The van der Waals surface area contributed by atoms with E-state index in [-0.39, 0.29) is 44.5 Å². The smallest absolute Gasteiger partial charge is 0.332 e. The van der Waals surface area contributed by atoms with Crippen LogP contribution in [0.25, 0.3) is 0 Å². The van der Waals surface area contributed by atoms with Crippen LogP contribution in [-0.4, -0.2) is 85.9 Å². The van der Waals surface area contributed by atoms with Gasteiger partial charge < -0.3 is 40.7 Å². The highest BCUT2D eigenvalue weighted by Gasteiger charge is 2.45. The quantitative estimate of drug-likeness (QED) is 0.135. The Balaban J connectivity index is 1.60. The van der Waals surface area contributed by atoms with E-state index in [0.717, 1.165) is 24.2 Å². The van der Waals surface area contributed by atoms with Crippen molar-refractivity contribution in [1.82, 2.24) is 4.90 Å². The number of aliphatic carboxylic acids is 1. The maximum atomic E-state index is 13.8. The van der Waals surface area contributed by atoms with Crippen LogP contribution in [0.4, 0.5) is 17.1 Å². The summed E-state index contributed by atoms with van der Waals surface area (Å²) in [4.78, 5) is 41.5. The van der Waals surface area contributed by atoms with Crippen LogP contribution in [0.1, 0.15) is 44.2 Å². The summed E-state index contributed by atoms with van der Waals surface area (Å²) in [7, 11) is 1.83. The average molecular weight is 581 g/mol. The minimum atomic E-state index is -1.08. The Labute approximate surface area is 245 Å². The van der Waals surface area contributed by atoms with Crippen molar-refractivity contribution in [2.75, 3.05) is 62.0 Å². The number of amidine groups is 1. The number of rotatable bonds is 13. The molecule has 226 valence electrons. The van der Waals surface area contributed by atoms with Gasteiger partial charge in [0.15, 0.2) is 0 Å². The molecule has 2 heterocycles. The predicted octanol–water partition coefficient (Wildman–Crippen LogP) is 2.58. The second kappa shape index (κ2) is 12.7. The number of ether oxygens (including phenoxy) is 2. The zero-order valence-electron chi connectivity index (χ0n) is 24.4. The fourth-order valence-electron chi connectivity index (χ4n) is 5.57. The average Bonchev–Trinajstić information content (AvgIpc) is 3.58. The van der Waals surface area contributed by atoms with Gasteiger partial charge in [-0.25, -0.2) is 4.79 Å². The predicted molar refractivity (Wildman–Crippen MR) is 160 cm³/mol. The van der Waals surface area contributed by atoms with Crippen molar-refractivity contribution in [3.63, 3.8) is 0 Å². The van der Waals surface area contributed by atoms with Crippen LogP contribution < -0.4 is 21.3 Å². The highest BCUT2D eigenvalue weighted by atomic mass is 16.6. The van der Waals surface area contributed by atoms with Gasteiger partial charge in [-0.05, 0) is 68.7 Å². The minimum Gasteiger partial charge on any atom is -0.481 e. The molecule has 1 saturated heterocycles. The largest absolute Gasteiger partial charge is 0.481 e. The molecule has 0 spiro atoms. The van der Waals surface area contributed by atoms with Crippen molar-refractivity contribution in [1.29, 1.82) is 5.41 Å². The van der Waals surface area contributed by atoms with E-state index >= 15 is 0 Å². The molecule has 1 fully saturated rings. The van der Waals surface area contributed by atoms with Crippen molar-refractivity contribution in [2.24, 2.45) is 5.73 Å². The molecule has 0 saturated carbocycles. The van der Waals surface area contributed by atoms with Gasteiger partial charge >= 0.3 is 11.9 Å². The highest BCUT2D eigenvalue weighted by Crippen LogP contribution is 2.43. The number of hydrogen-bond acceptors (Lipinski definition) is 9. The minimum absolute atomic E-state index is 0.0200. The molecule has 42 heavy (non-hydrogen) atoms. The lowest BCUT2D eigenvalue weighted by Crippen LogP contribution is -2.55. The Hall–Kier alpha value is -4.32. The molecule has 2 unspecified atom stereocenters. The molecule has 2 aliphatic heterocycles. The number of likely N-dealkylation sites (tertiary alicyclic amines) is 1. The number of fused-ring (bicyclic) bond motifs is 1. The van der Waals surface area contributed by atoms with Gasteiger partial charge in [-0.15, -0.1) is 0 Å². The molecule has 2 aromatic rings. The summed E-state index contributed by atoms with van der Waals surface area (Å²) in [5.41, 5.74) is 6.98. The number of amides is 1. The molecule has 0 aromatic heterocycles. The number of esters is 1. The second-order valence-electron chi connectivity index (χ2n) is 11.0. The molecule has 6 N–H and O–H groups in total. The molecule has 2 aromatic carbocycles. The first-order valence-electron chi connectivity index (χ1n) is 14.1. The van der Waals surface area contributed by atoms with Crippen LogP contribution in [0.5, 0.6) is 0 Å². The van der Waals surface area contributed by atoms with Gasteiger partial charge in [0.05, 0.1) is 43.0 Å². The summed E-state index contributed by atoms with van der Waals surface area (Å²) in [6.45, 7) is 5.07. The van der Waals surface area contributed by atoms with Gasteiger partial charge in [-0.1, -0.05) is 6.07 Å². The summed E-state index contributed by atoms with van der Waals surface area (Å²) in [6, 6.07) is 12.6. The Kier molecular flexibility index (Phi) is 9.25. The van der Waals surface area contributed by atoms with E-state index in [1.54, 1.807) is 31.2 Å². The normalized spacial score (nSPS) is 19.0. The molecule has 4 rings (SSSR count). The molecule has 2 aliphatic rings. The number of benzene rings is 2. The van der Waals surface area contributed by atoms with Gasteiger partial charge in [0.25, 0.3) is 0 Å². The Morgan fingerprint density at radius 3 is 2.48 bits per heavy atom. The lowest BCUT2D eigenvalue weighted by atomic mass is 9.81.